The smallest absolute Gasteiger partial charge is 0.240 e. The predicted molar refractivity (Wildman–Crippen MR) is 70.6 cm³/mol. The molecule has 2 aliphatic carbocycles. The summed E-state index contributed by atoms with van der Waals surface area (Å²) in [4.78, 5) is 12.2. The molecule has 18 heavy (non-hydrogen) atoms. The molecule has 0 atom stereocenters. The van der Waals surface area contributed by atoms with Gasteiger partial charge in [-0.2, -0.15) is 5.26 Å². The Hall–Kier alpha value is -1.04. The first kappa shape index (κ1) is 13.4. The van der Waals surface area contributed by atoms with Gasteiger partial charge in [-0.3, -0.25) is 4.79 Å². The van der Waals surface area contributed by atoms with Gasteiger partial charge in [0.1, 0.15) is 5.41 Å². The van der Waals surface area contributed by atoms with E-state index in [0.717, 1.165) is 25.7 Å². The third-order valence-electron chi connectivity index (χ3n) is 5.89. The summed E-state index contributed by atoms with van der Waals surface area (Å²) < 4.78 is 0. The van der Waals surface area contributed by atoms with Gasteiger partial charge in [0.15, 0.2) is 0 Å². The molecule has 0 spiro atoms. The van der Waals surface area contributed by atoms with Crippen LogP contribution in [0.4, 0.5) is 0 Å². The number of nitriles is 1. The second kappa shape index (κ2) is 3.98. The maximum Gasteiger partial charge on any atom is 0.240 e. The zero-order valence-electron chi connectivity index (χ0n) is 12.0. The molecule has 0 radical (unpaired) electrons. The van der Waals surface area contributed by atoms with Crippen molar-refractivity contribution in [1.82, 2.24) is 5.32 Å². The van der Waals surface area contributed by atoms with E-state index in [1.54, 1.807) is 0 Å². The van der Waals surface area contributed by atoms with E-state index in [1.807, 2.05) is 0 Å². The molecule has 0 bridgehead atoms. The van der Waals surface area contributed by atoms with Crippen molar-refractivity contribution in [2.45, 2.75) is 53.4 Å². The van der Waals surface area contributed by atoms with Gasteiger partial charge >= 0.3 is 0 Å². The zero-order valence-corrected chi connectivity index (χ0v) is 12.0. The third kappa shape index (κ3) is 1.74. The number of hydrogen-bond acceptors (Lipinski definition) is 2. The molecule has 1 amide bonds. The molecular weight excluding hydrogens is 224 g/mol. The van der Waals surface area contributed by atoms with E-state index in [-0.39, 0.29) is 16.7 Å². The standard InChI is InChI=1S/C15H24N2O/c1-13(2)11(14(13,3)4)9-17-12(18)15(10-16)7-5-6-8-15/h11H,5-9H2,1-4H3,(H,17,18). The van der Waals surface area contributed by atoms with Gasteiger partial charge in [-0.1, -0.05) is 40.5 Å². The highest BCUT2D eigenvalue weighted by Gasteiger charge is 2.64. The zero-order chi connectivity index (χ0) is 13.6. The van der Waals surface area contributed by atoms with Gasteiger partial charge in [-0.05, 0) is 29.6 Å². The van der Waals surface area contributed by atoms with Gasteiger partial charge in [0.25, 0.3) is 0 Å². The minimum absolute atomic E-state index is 0.0407. The summed E-state index contributed by atoms with van der Waals surface area (Å²) in [6.45, 7) is 9.71. The normalized spacial score (nSPS) is 27.5. The van der Waals surface area contributed by atoms with Crippen molar-refractivity contribution >= 4 is 5.91 Å². The van der Waals surface area contributed by atoms with Crippen LogP contribution in [-0.4, -0.2) is 12.5 Å². The molecule has 100 valence electrons. The molecular formula is C15H24N2O. The number of carbonyl (C=O) groups is 1. The fourth-order valence-corrected chi connectivity index (χ4v) is 3.58. The molecule has 0 aromatic heterocycles. The molecule has 0 aromatic rings. The van der Waals surface area contributed by atoms with Crippen LogP contribution in [-0.2, 0) is 4.79 Å². The number of rotatable bonds is 3. The maximum atomic E-state index is 12.2. The Balaban J connectivity index is 1.93. The van der Waals surface area contributed by atoms with Crippen LogP contribution in [0.3, 0.4) is 0 Å². The van der Waals surface area contributed by atoms with E-state index in [0.29, 0.717) is 12.5 Å². The van der Waals surface area contributed by atoms with Crippen LogP contribution < -0.4 is 5.32 Å². The SMILES string of the molecule is CC1(C)C(CNC(=O)C2(C#N)CCCC2)C1(C)C. The summed E-state index contributed by atoms with van der Waals surface area (Å²) in [5.74, 6) is 0.479. The lowest BCUT2D eigenvalue weighted by Crippen LogP contribution is -2.39. The van der Waals surface area contributed by atoms with E-state index in [1.165, 1.54) is 0 Å². The molecule has 0 aromatic carbocycles. The topological polar surface area (TPSA) is 52.9 Å². The van der Waals surface area contributed by atoms with Gasteiger partial charge in [-0.25, -0.2) is 0 Å². The Bertz CT molecular complexity index is 383. The summed E-state index contributed by atoms with van der Waals surface area (Å²) in [5.41, 5.74) is -0.158. The lowest BCUT2D eigenvalue weighted by Gasteiger charge is -2.19. The van der Waals surface area contributed by atoms with Crippen molar-refractivity contribution < 1.29 is 4.79 Å². The minimum Gasteiger partial charge on any atom is -0.354 e. The molecule has 3 nitrogen and oxygen atoms in total. The van der Waals surface area contributed by atoms with Crippen LogP contribution in [0, 0.1) is 33.5 Å². The Morgan fingerprint density at radius 2 is 1.72 bits per heavy atom. The Kier molecular flexibility index (Phi) is 2.96. The molecule has 0 saturated heterocycles. The quantitative estimate of drug-likeness (QED) is 0.835. The van der Waals surface area contributed by atoms with Gasteiger partial charge < -0.3 is 5.32 Å². The van der Waals surface area contributed by atoms with Crippen molar-refractivity contribution in [3.8, 4) is 6.07 Å². The molecule has 2 fully saturated rings. The van der Waals surface area contributed by atoms with Gasteiger partial charge in [0.05, 0.1) is 6.07 Å². The van der Waals surface area contributed by atoms with Gasteiger partial charge in [0, 0.05) is 6.54 Å². The van der Waals surface area contributed by atoms with E-state index >= 15 is 0 Å². The molecule has 0 heterocycles. The van der Waals surface area contributed by atoms with Crippen LogP contribution in [0.2, 0.25) is 0 Å². The van der Waals surface area contributed by atoms with Crippen molar-refractivity contribution in [3.05, 3.63) is 0 Å². The number of nitrogens with zero attached hydrogens (tertiary/aromatic N) is 1. The Morgan fingerprint density at radius 1 is 1.22 bits per heavy atom. The Morgan fingerprint density at radius 3 is 2.11 bits per heavy atom. The van der Waals surface area contributed by atoms with Crippen molar-refractivity contribution in [3.63, 3.8) is 0 Å². The Labute approximate surface area is 110 Å². The summed E-state index contributed by atoms with van der Waals surface area (Å²) in [6.07, 6.45) is 3.46. The average molecular weight is 248 g/mol. The minimum atomic E-state index is -0.733. The second-order valence-corrected chi connectivity index (χ2v) is 7.11. The highest BCUT2D eigenvalue weighted by atomic mass is 16.2. The molecule has 0 unspecified atom stereocenters. The fourth-order valence-electron chi connectivity index (χ4n) is 3.58. The van der Waals surface area contributed by atoms with Gasteiger partial charge in [-0.15, -0.1) is 0 Å². The van der Waals surface area contributed by atoms with Crippen molar-refractivity contribution in [1.29, 1.82) is 5.26 Å². The second-order valence-electron chi connectivity index (χ2n) is 7.11. The van der Waals surface area contributed by atoms with Crippen molar-refractivity contribution in [2.75, 3.05) is 6.54 Å². The summed E-state index contributed by atoms with van der Waals surface area (Å²) in [5, 5.41) is 12.3. The largest absolute Gasteiger partial charge is 0.354 e. The van der Waals surface area contributed by atoms with E-state index in [9.17, 15) is 10.1 Å². The molecule has 3 heteroatoms. The molecule has 2 rings (SSSR count). The summed E-state index contributed by atoms with van der Waals surface area (Å²) >= 11 is 0. The highest BCUT2D eigenvalue weighted by Crippen LogP contribution is 2.67. The first-order chi connectivity index (χ1) is 8.28. The van der Waals surface area contributed by atoms with E-state index < -0.39 is 5.41 Å². The average Bonchev–Trinajstić information content (AvgIpc) is 2.72. The fraction of sp³-hybridized carbons (Fsp3) is 0.867. The van der Waals surface area contributed by atoms with E-state index in [2.05, 4.69) is 39.1 Å². The number of carbonyl (C=O) groups excluding carboxylic acids is 1. The van der Waals surface area contributed by atoms with E-state index in [4.69, 9.17) is 0 Å². The number of hydrogen-bond donors (Lipinski definition) is 1. The molecule has 1 N–H and O–H groups in total. The van der Waals surface area contributed by atoms with Crippen LogP contribution in [0.25, 0.3) is 0 Å². The predicted octanol–water partition coefficient (Wildman–Crippen LogP) is 2.87. The maximum absolute atomic E-state index is 12.2. The molecule has 2 aliphatic rings. The third-order valence-corrected chi connectivity index (χ3v) is 5.89. The van der Waals surface area contributed by atoms with Gasteiger partial charge in [0.2, 0.25) is 5.91 Å². The monoisotopic (exact) mass is 248 g/mol. The summed E-state index contributed by atoms with van der Waals surface area (Å²) in [6, 6.07) is 2.25. The lowest BCUT2D eigenvalue weighted by molar-refractivity contribution is -0.128. The molecule has 0 aliphatic heterocycles. The first-order valence-corrected chi connectivity index (χ1v) is 6.97. The first-order valence-electron chi connectivity index (χ1n) is 6.97. The van der Waals surface area contributed by atoms with Crippen molar-refractivity contribution in [2.24, 2.45) is 22.2 Å². The number of amides is 1. The van der Waals surface area contributed by atoms with Crippen LogP contribution in [0.1, 0.15) is 53.4 Å². The number of nitrogens with one attached hydrogen (secondary N) is 1. The summed E-state index contributed by atoms with van der Waals surface area (Å²) in [7, 11) is 0. The van der Waals surface area contributed by atoms with Crippen LogP contribution in [0.5, 0.6) is 0 Å². The molecule has 2 saturated carbocycles. The highest BCUT2D eigenvalue weighted by molar-refractivity contribution is 5.85. The lowest BCUT2D eigenvalue weighted by atomic mass is 9.87. The van der Waals surface area contributed by atoms with Crippen LogP contribution in [0.15, 0.2) is 0 Å². The van der Waals surface area contributed by atoms with Crippen LogP contribution >= 0.6 is 0 Å².